The number of rotatable bonds is 0. The summed E-state index contributed by atoms with van der Waals surface area (Å²) in [5.41, 5.74) is 4.36. The average Bonchev–Trinajstić information content (AvgIpc) is 3.31. The van der Waals surface area contributed by atoms with Gasteiger partial charge in [-0.2, -0.15) is 0 Å². The molecule has 0 spiro atoms. The predicted octanol–water partition coefficient (Wildman–Crippen LogP) is 7.30. The van der Waals surface area contributed by atoms with Crippen LogP contribution in [-0.2, 0) is 0 Å². The van der Waals surface area contributed by atoms with Gasteiger partial charge in [0.2, 0.25) is 0 Å². The first-order chi connectivity index (χ1) is 13.9. The molecule has 0 atom stereocenters. The number of nitrogens with zero attached hydrogens (tertiary/aromatic N) is 1. The van der Waals surface area contributed by atoms with Crippen LogP contribution < -0.4 is 0 Å². The third-order valence-electron chi connectivity index (χ3n) is 5.95. The Morgan fingerprint density at radius 3 is 2.14 bits per heavy atom. The molecule has 130 valence electrons. The molecule has 0 aliphatic heterocycles. The second kappa shape index (κ2) is 4.93. The lowest BCUT2D eigenvalue weighted by Crippen LogP contribution is -1.89. The minimum atomic E-state index is 0.936. The smallest absolute Gasteiger partial charge is 0.136 e. The molecule has 28 heavy (non-hydrogen) atoms. The predicted molar refractivity (Wildman–Crippen MR) is 117 cm³/mol. The summed E-state index contributed by atoms with van der Waals surface area (Å²) in [6, 6.07) is 30.1. The van der Waals surface area contributed by atoms with Crippen LogP contribution in [0, 0.1) is 0 Å². The molecule has 0 unspecified atom stereocenters. The molecule has 0 aliphatic rings. The van der Waals surface area contributed by atoms with Gasteiger partial charge < -0.3 is 8.82 Å². The molecule has 0 radical (unpaired) electrons. The molecule has 7 aromatic rings. The number of pyridine rings is 1. The Balaban J connectivity index is 1.84. The Labute approximate surface area is 160 Å². The molecule has 3 aromatic heterocycles. The summed E-state index contributed by atoms with van der Waals surface area (Å²) in [6.07, 6.45) is 2.26. The van der Waals surface area contributed by atoms with Gasteiger partial charge in [0.05, 0.1) is 11.0 Å². The van der Waals surface area contributed by atoms with Gasteiger partial charge in [-0.3, -0.25) is 0 Å². The number of para-hydroxylation sites is 1. The van der Waals surface area contributed by atoms with Crippen molar-refractivity contribution in [3.63, 3.8) is 0 Å². The van der Waals surface area contributed by atoms with Crippen molar-refractivity contribution in [1.29, 1.82) is 0 Å². The molecule has 0 N–H and O–H groups in total. The zero-order valence-electron chi connectivity index (χ0n) is 15.0. The molecule has 0 bridgehead atoms. The topological polar surface area (TPSA) is 17.6 Å². The summed E-state index contributed by atoms with van der Waals surface area (Å²) in [6.45, 7) is 0. The Morgan fingerprint density at radius 1 is 0.536 bits per heavy atom. The highest BCUT2D eigenvalue weighted by atomic mass is 16.3. The molecule has 2 nitrogen and oxygen atoms in total. The van der Waals surface area contributed by atoms with Crippen molar-refractivity contribution in [1.82, 2.24) is 4.40 Å². The van der Waals surface area contributed by atoms with E-state index in [-0.39, 0.29) is 0 Å². The van der Waals surface area contributed by atoms with Gasteiger partial charge in [-0.1, -0.05) is 66.7 Å². The van der Waals surface area contributed by atoms with E-state index in [1.807, 2.05) is 12.1 Å². The monoisotopic (exact) mass is 357 g/mol. The van der Waals surface area contributed by atoms with Crippen LogP contribution in [-0.4, -0.2) is 4.40 Å². The minimum Gasteiger partial charge on any atom is -0.456 e. The van der Waals surface area contributed by atoms with E-state index in [1.54, 1.807) is 0 Å². The molecule has 7 rings (SSSR count). The van der Waals surface area contributed by atoms with Crippen molar-refractivity contribution in [3.8, 4) is 0 Å². The highest BCUT2D eigenvalue weighted by molar-refractivity contribution is 6.22. The van der Waals surface area contributed by atoms with Gasteiger partial charge in [0, 0.05) is 38.5 Å². The molecule has 2 heteroatoms. The number of furan rings is 1. The number of fused-ring (bicyclic) bond motifs is 11. The zero-order chi connectivity index (χ0) is 18.2. The number of aromatic nitrogens is 1. The van der Waals surface area contributed by atoms with E-state index in [1.165, 1.54) is 38.0 Å². The van der Waals surface area contributed by atoms with Gasteiger partial charge in [-0.25, -0.2) is 0 Å². The van der Waals surface area contributed by atoms with Crippen molar-refractivity contribution in [2.24, 2.45) is 0 Å². The first-order valence-corrected chi connectivity index (χ1v) is 9.54. The Kier molecular flexibility index (Phi) is 2.52. The van der Waals surface area contributed by atoms with Crippen LogP contribution in [0.1, 0.15) is 0 Å². The summed E-state index contributed by atoms with van der Waals surface area (Å²) in [7, 11) is 0. The highest BCUT2D eigenvalue weighted by Crippen LogP contribution is 2.38. The second-order valence-electron chi connectivity index (χ2n) is 7.44. The molecule has 0 saturated heterocycles. The van der Waals surface area contributed by atoms with E-state index >= 15 is 0 Å². The minimum absolute atomic E-state index is 0.936. The van der Waals surface area contributed by atoms with Crippen LogP contribution in [0.5, 0.6) is 0 Å². The van der Waals surface area contributed by atoms with Crippen molar-refractivity contribution >= 4 is 59.9 Å². The Hall–Kier alpha value is -3.78. The second-order valence-corrected chi connectivity index (χ2v) is 7.44. The fourth-order valence-electron chi connectivity index (χ4n) is 4.72. The molecular formula is C26H15NO. The Bertz CT molecular complexity index is 1720. The third kappa shape index (κ3) is 1.68. The van der Waals surface area contributed by atoms with E-state index in [0.717, 1.165) is 21.9 Å². The van der Waals surface area contributed by atoms with Crippen molar-refractivity contribution in [2.75, 3.05) is 0 Å². The van der Waals surface area contributed by atoms with E-state index in [0.29, 0.717) is 0 Å². The van der Waals surface area contributed by atoms with Crippen LogP contribution in [0.4, 0.5) is 0 Å². The maximum Gasteiger partial charge on any atom is 0.136 e. The lowest BCUT2D eigenvalue weighted by atomic mass is 10.0. The van der Waals surface area contributed by atoms with Crippen LogP contribution in [0.25, 0.3) is 59.9 Å². The molecular weight excluding hydrogens is 342 g/mol. The van der Waals surface area contributed by atoms with E-state index in [4.69, 9.17) is 4.42 Å². The van der Waals surface area contributed by atoms with Gasteiger partial charge in [0.25, 0.3) is 0 Å². The largest absolute Gasteiger partial charge is 0.456 e. The molecule has 0 saturated carbocycles. The first kappa shape index (κ1) is 14.3. The van der Waals surface area contributed by atoms with Crippen molar-refractivity contribution in [3.05, 3.63) is 91.1 Å². The van der Waals surface area contributed by atoms with Gasteiger partial charge >= 0.3 is 0 Å². The van der Waals surface area contributed by atoms with Crippen LogP contribution in [0.3, 0.4) is 0 Å². The van der Waals surface area contributed by atoms with Crippen molar-refractivity contribution in [2.45, 2.75) is 0 Å². The Morgan fingerprint density at radius 2 is 1.25 bits per heavy atom. The molecule has 4 aromatic carbocycles. The highest BCUT2D eigenvalue weighted by Gasteiger charge is 2.15. The summed E-state index contributed by atoms with van der Waals surface area (Å²) in [5.74, 6) is 0. The summed E-state index contributed by atoms with van der Waals surface area (Å²) in [4.78, 5) is 0. The fraction of sp³-hybridized carbons (Fsp3) is 0. The summed E-state index contributed by atoms with van der Waals surface area (Å²) >= 11 is 0. The lowest BCUT2D eigenvalue weighted by Gasteiger charge is -2.09. The van der Waals surface area contributed by atoms with Gasteiger partial charge in [0.15, 0.2) is 0 Å². The van der Waals surface area contributed by atoms with Crippen LogP contribution in [0.2, 0.25) is 0 Å². The standard InChI is InChI=1S/C26H15NO/c1-2-8-17-16(7-1)15-27-23-13-22-19-10-5-6-12-24(19)28-25(22)14-21(23)18-9-3-4-11-20(18)26(17)27/h1-15H. The summed E-state index contributed by atoms with van der Waals surface area (Å²) in [5, 5.41) is 8.63. The number of benzene rings is 4. The van der Waals surface area contributed by atoms with Crippen LogP contribution >= 0.6 is 0 Å². The number of hydrogen-bond donors (Lipinski definition) is 0. The van der Waals surface area contributed by atoms with Gasteiger partial charge in [0.1, 0.15) is 11.2 Å². The van der Waals surface area contributed by atoms with Crippen LogP contribution in [0.15, 0.2) is 95.5 Å². The maximum atomic E-state index is 6.17. The molecule has 0 amide bonds. The SMILES string of the molecule is c1ccc2c(c1)cn1c3cc4c(cc3c3ccccc3c21)oc1ccccc14. The first-order valence-electron chi connectivity index (χ1n) is 9.54. The normalized spacial score (nSPS) is 12.3. The number of hydrogen-bond acceptors (Lipinski definition) is 1. The van der Waals surface area contributed by atoms with Crippen molar-refractivity contribution < 1.29 is 4.42 Å². The molecule has 0 fully saturated rings. The van der Waals surface area contributed by atoms with Gasteiger partial charge in [-0.05, 0) is 23.6 Å². The third-order valence-corrected chi connectivity index (χ3v) is 5.95. The maximum absolute atomic E-state index is 6.17. The molecule has 0 aliphatic carbocycles. The quantitative estimate of drug-likeness (QED) is 0.260. The van der Waals surface area contributed by atoms with E-state index in [2.05, 4.69) is 83.4 Å². The lowest BCUT2D eigenvalue weighted by molar-refractivity contribution is 0.669. The molecule has 3 heterocycles. The van der Waals surface area contributed by atoms with Gasteiger partial charge in [-0.15, -0.1) is 0 Å². The van der Waals surface area contributed by atoms with E-state index < -0.39 is 0 Å². The fourth-order valence-corrected chi connectivity index (χ4v) is 4.72. The van der Waals surface area contributed by atoms with E-state index in [9.17, 15) is 0 Å². The average molecular weight is 357 g/mol. The zero-order valence-corrected chi connectivity index (χ0v) is 15.0. The summed E-state index contributed by atoms with van der Waals surface area (Å²) < 4.78 is 8.52.